The third-order valence-electron chi connectivity index (χ3n) is 4.18. The second-order valence-electron chi connectivity index (χ2n) is 6.65. The highest BCUT2D eigenvalue weighted by molar-refractivity contribution is 14.0. The zero-order chi connectivity index (χ0) is 21.9. The highest BCUT2D eigenvalue weighted by Gasteiger charge is 2.12. The Morgan fingerprint density at radius 3 is 2.55 bits per heavy atom. The van der Waals surface area contributed by atoms with Crippen LogP contribution in [0.3, 0.4) is 0 Å². The predicted molar refractivity (Wildman–Crippen MR) is 126 cm³/mol. The van der Waals surface area contributed by atoms with Crippen LogP contribution in [0.1, 0.15) is 40.6 Å². The van der Waals surface area contributed by atoms with Crippen LogP contribution in [-0.2, 0) is 6.54 Å². The number of hydrogen-bond donors (Lipinski definition) is 3. The Labute approximate surface area is 198 Å². The van der Waals surface area contributed by atoms with Gasteiger partial charge >= 0.3 is 6.61 Å². The molecule has 0 bridgehead atoms. The molecule has 0 aliphatic heterocycles. The minimum atomic E-state index is -2.89. The van der Waals surface area contributed by atoms with Crippen LogP contribution in [0.15, 0.2) is 39.9 Å². The molecule has 7 nitrogen and oxygen atoms in total. The van der Waals surface area contributed by atoms with Crippen molar-refractivity contribution in [2.24, 2.45) is 4.99 Å². The Kier molecular flexibility index (Phi) is 11.9. The van der Waals surface area contributed by atoms with Gasteiger partial charge in [0.1, 0.15) is 5.75 Å². The summed E-state index contributed by atoms with van der Waals surface area (Å²) in [4.78, 5) is 16.4. The quantitative estimate of drug-likeness (QED) is 0.180. The topological polar surface area (TPSA) is 87.9 Å². The van der Waals surface area contributed by atoms with E-state index in [0.29, 0.717) is 43.3 Å². The Hall–Kier alpha value is -2.37. The standard InChI is InChI=1S/C21H28F2N4O3.HI/c1-4-24-21(26-10-5-9-25-19(28)18-15(3)8-11-29-18)27-13-16-12-14(2)6-7-17(16)30-20(22)23;/h6-8,11-12,20H,4-5,9-10,13H2,1-3H3,(H,25,28)(H2,24,26,27);1H. The van der Waals surface area contributed by atoms with E-state index in [-0.39, 0.29) is 42.2 Å². The number of halogens is 3. The molecule has 1 aromatic carbocycles. The summed E-state index contributed by atoms with van der Waals surface area (Å²) in [5.41, 5.74) is 2.30. The minimum Gasteiger partial charge on any atom is -0.459 e. The van der Waals surface area contributed by atoms with Crippen molar-refractivity contribution in [2.45, 2.75) is 40.3 Å². The van der Waals surface area contributed by atoms with Crippen molar-refractivity contribution in [3.8, 4) is 5.75 Å². The van der Waals surface area contributed by atoms with E-state index in [0.717, 1.165) is 11.1 Å². The average molecular weight is 550 g/mol. The van der Waals surface area contributed by atoms with Crippen LogP contribution in [0.25, 0.3) is 0 Å². The Bertz CT molecular complexity index is 859. The number of ether oxygens (including phenoxy) is 1. The van der Waals surface area contributed by atoms with E-state index in [4.69, 9.17) is 4.42 Å². The van der Waals surface area contributed by atoms with Gasteiger partial charge in [-0.25, -0.2) is 4.99 Å². The van der Waals surface area contributed by atoms with Gasteiger partial charge in [-0.15, -0.1) is 24.0 Å². The van der Waals surface area contributed by atoms with Crippen LogP contribution in [0.5, 0.6) is 5.75 Å². The van der Waals surface area contributed by atoms with Crippen molar-refractivity contribution in [3.63, 3.8) is 0 Å². The Balaban J connectivity index is 0.00000480. The summed E-state index contributed by atoms with van der Waals surface area (Å²) in [6.07, 6.45) is 2.15. The number of nitrogens with one attached hydrogen (secondary N) is 3. The number of aryl methyl sites for hydroxylation is 2. The third-order valence-corrected chi connectivity index (χ3v) is 4.18. The number of guanidine groups is 1. The third kappa shape index (κ3) is 9.11. The lowest BCUT2D eigenvalue weighted by Crippen LogP contribution is -2.38. The van der Waals surface area contributed by atoms with E-state index >= 15 is 0 Å². The van der Waals surface area contributed by atoms with Gasteiger partial charge in [0, 0.05) is 30.8 Å². The van der Waals surface area contributed by atoms with Crippen molar-refractivity contribution in [2.75, 3.05) is 19.6 Å². The molecule has 0 aliphatic carbocycles. The van der Waals surface area contributed by atoms with E-state index in [1.54, 1.807) is 18.2 Å². The number of hydrogen-bond acceptors (Lipinski definition) is 4. The van der Waals surface area contributed by atoms with Gasteiger partial charge < -0.3 is 25.1 Å². The zero-order valence-corrected chi connectivity index (χ0v) is 20.2. The molecule has 172 valence electrons. The number of nitrogens with zero attached hydrogens (tertiary/aromatic N) is 1. The van der Waals surface area contributed by atoms with E-state index < -0.39 is 6.61 Å². The number of aliphatic imine (C=N–C) groups is 1. The first kappa shape index (κ1) is 26.7. The summed E-state index contributed by atoms with van der Waals surface area (Å²) in [6, 6.07) is 6.75. The molecule has 31 heavy (non-hydrogen) atoms. The number of carbonyl (C=O) groups excluding carboxylic acids is 1. The molecular formula is C21H29F2IN4O3. The second kappa shape index (κ2) is 13.8. The number of rotatable bonds is 10. The smallest absolute Gasteiger partial charge is 0.387 e. The van der Waals surface area contributed by atoms with Gasteiger partial charge in [-0.2, -0.15) is 8.78 Å². The zero-order valence-electron chi connectivity index (χ0n) is 17.8. The SMILES string of the molecule is CCNC(=NCc1cc(C)ccc1OC(F)F)NCCCNC(=O)c1occc1C.I. The summed E-state index contributed by atoms with van der Waals surface area (Å²) < 4.78 is 35.0. The number of alkyl halides is 2. The van der Waals surface area contributed by atoms with Crippen LogP contribution >= 0.6 is 24.0 Å². The molecular weight excluding hydrogens is 521 g/mol. The number of furan rings is 1. The maximum atomic E-state index is 12.6. The fraction of sp³-hybridized carbons (Fsp3) is 0.429. The van der Waals surface area contributed by atoms with E-state index in [1.807, 2.05) is 20.8 Å². The molecule has 0 saturated heterocycles. The van der Waals surface area contributed by atoms with Gasteiger partial charge in [0.25, 0.3) is 5.91 Å². The molecule has 1 amide bonds. The highest BCUT2D eigenvalue weighted by atomic mass is 127. The summed E-state index contributed by atoms with van der Waals surface area (Å²) >= 11 is 0. The largest absolute Gasteiger partial charge is 0.459 e. The maximum Gasteiger partial charge on any atom is 0.387 e. The molecule has 1 aromatic heterocycles. The van der Waals surface area contributed by atoms with Gasteiger partial charge in [0.15, 0.2) is 11.7 Å². The van der Waals surface area contributed by atoms with Crippen LogP contribution in [0.2, 0.25) is 0 Å². The fourth-order valence-electron chi connectivity index (χ4n) is 2.73. The molecule has 1 heterocycles. The first-order valence-electron chi connectivity index (χ1n) is 9.79. The number of benzene rings is 1. The summed E-state index contributed by atoms with van der Waals surface area (Å²) in [5.74, 6) is 0.739. The van der Waals surface area contributed by atoms with E-state index in [9.17, 15) is 13.6 Å². The van der Waals surface area contributed by atoms with Crippen LogP contribution < -0.4 is 20.7 Å². The van der Waals surface area contributed by atoms with Crippen LogP contribution in [-0.4, -0.2) is 38.1 Å². The molecule has 0 spiro atoms. The number of carbonyl (C=O) groups is 1. The van der Waals surface area contributed by atoms with Crippen molar-refractivity contribution >= 4 is 35.8 Å². The van der Waals surface area contributed by atoms with Crippen molar-refractivity contribution < 1.29 is 22.7 Å². The highest BCUT2D eigenvalue weighted by Crippen LogP contribution is 2.22. The molecule has 0 aliphatic rings. The van der Waals surface area contributed by atoms with Crippen LogP contribution in [0.4, 0.5) is 8.78 Å². The maximum absolute atomic E-state index is 12.6. The minimum absolute atomic E-state index is 0. The molecule has 3 N–H and O–H groups in total. The second-order valence-corrected chi connectivity index (χ2v) is 6.65. The van der Waals surface area contributed by atoms with E-state index in [2.05, 4.69) is 25.7 Å². The van der Waals surface area contributed by atoms with E-state index in [1.165, 1.54) is 12.3 Å². The van der Waals surface area contributed by atoms with Gasteiger partial charge in [-0.05, 0) is 39.3 Å². The number of amides is 1. The van der Waals surface area contributed by atoms with Crippen LogP contribution in [0, 0.1) is 13.8 Å². The molecule has 0 unspecified atom stereocenters. The average Bonchev–Trinajstić information content (AvgIpc) is 3.13. The van der Waals surface area contributed by atoms with Crippen molar-refractivity contribution in [1.82, 2.24) is 16.0 Å². The monoisotopic (exact) mass is 550 g/mol. The lowest BCUT2D eigenvalue weighted by molar-refractivity contribution is -0.0504. The van der Waals surface area contributed by atoms with Gasteiger partial charge in [0.2, 0.25) is 0 Å². The Morgan fingerprint density at radius 1 is 1.16 bits per heavy atom. The molecule has 10 heteroatoms. The van der Waals surface area contributed by atoms with Crippen molar-refractivity contribution in [1.29, 1.82) is 0 Å². The van der Waals surface area contributed by atoms with Gasteiger partial charge in [-0.1, -0.05) is 17.7 Å². The van der Waals surface area contributed by atoms with Crippen molar-refractivity contribution in [3.05, 3.63) is 53.0 Å². The molecule has 2 rings (SSSR count). The van der Waals surface area contributed by atoms with Gasteiger partial charge in [-0.3, -0.25) is 4.79 Å². The van der Waals surface area contributed by atoms with Gasteiger partial charge in [0.05, 0.1) is 12.8 Å². The lowest BCUT2D eigenvalue weighted by Gasteiger charge is -2.13. The predicted octanol–water partition coefficient (Wildman–Crippen LogP) is 3.99. The Morgan fingerprint density at radius 2 is 1.90 bits per heavy atom. The summed E-state index contributed by atoms with van der Waals surface area (Å²) in [5, 5.41) is 9.07. The summed E-state index contributed by atoms with van der Waals surface area (Å²) in [6.45, 7) is 4.60. The first-order valence-corrected chi connectivity index (χ1v) is 9.79. The summed E-state index contributed by atoms with van der Waals surface area (Å²) in [7, 11) is 0. The first-order chi connectivity index (χ1) is 14.4. The molecule has 2 aromatic rings. The fourth-order valence-corrected chi connectivity index (χ4v) is 2.73. The molecule has 0 radical (unpaired) electrons. The normalized spacial score (nSPS) is 11.1. The lowest BCUT2D eigenvalue weighted by atomic mass is 10.1. The molecule has 0 saturated carbocycles. The molecule has 0 fully saturated rings. The molecule has 0 atom stereocenters.